The first kappa shape index (κ1) is 16.7. The molecule has 0 aliphatic heterocycles. The number of rotatable bonds is 5. The van der Waals surface area contributed by atoms with Gasteiger partial charge in [0.1, 0.15) is 0 Å². The van der Waals surface area contributed by atoms with Crippen LogP contribution in [0.5, 0.6) is 0 Å². The van der Waals surface area contributed by atoms with Gasteiger partial charge in [0, 0.05) is 34.5 Å². The lowest BCUT2D eigenvalue weighted by Crippen LogP contribution is -2.22. The van der Waals surface area contributed by atoms with Crippen LogP contribution in [0, 0.1) is 0 Å². The van der Waals surface area contributed by atoms with E-state index in [1.165, 1.54) is 32.1 Å². The van der Waals surface area contributed by atoms with Gasteiger partial charge in [-0.3, -0.25) is 4.79 Å². The van der Waals surface area contributed by atoms with Crippen molar-refractivity contribution in [2.24, 2.45) is 0 Å². The number of aromatic nitrogens is 1. The van der Waals surface area contributed by atoms with Gasteiger partial charge in [0.25, 0.3) is 0 Å². The van der Waals surface area contributed by atoms with Crippen LogP contribution < -0.4 is 10.6 Å². The van der Waals surface area contributed by atoms with Crippen LogP contribution in [-0.4, -0.2) is 16.9 Å². The number of hydrogen-bond acceptors (Lipinski definition) is 2. The molecule has 0 radical (unpaired) electrons. The maximum absolute atomic E-state index is 12.4. The highest BCUT2D eigenvalue weighted by Gasteiger charge is 2.13. The zero-order chi connectivity index (χ0) is 17.8. The molecule has 4 heteroatoms. The molecule has 0 saturated heterocycles. The smallest absolute Gasteiger partial charge is 0.228 e. The van der Waals surface area contributed by atoms with E-state index >= 15 is 0 Å². The fraction of sp³-hybridized carbons (Fsp3) is 0.318. The van der Waals surface area contributed by atoms with Gasteiger partial charge in [-0.15, -0.1) is 0 Å². The van der Waals surface area contributed by atoms with Crippen molar-refractivity contribution in [3.63, 3.8) is 0 Å². The number of H-pyrrole nitrogens is 1. The summed E-state index contributed by atoms with van der Waals surface area (Å²) >= 11 is 0. The molecule has 2 aromatic carbocycles. The lowest BCUT2D eigenvalue weighted by Gasteiger charge is -2.23. The Labute approximate surface area is 154 Å². The molecule has 1 aliphatic rings. The summed E-state index contributed by atoms with van der Waals surface area (Å²) in [5.41, 5.74) is 4.05. The summed E-state index contributed by atoms with van der Waals surface area (Å²) in [6, 6.07) is 16.7. The van der Waals surface area contributed by atoms with Crippen LogP contribution in [0.25, 0.3) is 10.9 Å². The number of carbonyl (C=O) groups excluding carboxylic acids is 1. The Hall–Kier alpha value is -2.75. The Morgan fingerprint density at radius 2 is 1.69 bits per heavy atom. The van der Waals surface area contributed by atoms with Gasteiger partial charge in [0.15, 0.2) is 0 Å². The fourth-order valence-electron chi connectivity index (χ4n) is 3.79. The summed E-state index contributed by atoms with van der Waals surface area (Å²) in [4.78, 5) is 15.6. The Morgan fingerprint density at radius 1 is 0.962 bits per heavy atom. The molecule has 1 amide bonds. The standard InChI is InChI=1S/C22H25N3O/c26-22(14-16-15-23-21-9-5-4-8-20(16)21)25-19-12-10-18(11-13-19)24-17-6-2-1-3-7-17/h4-5,8-13,15,17,23-24H,1-3,6-7,14H2,(H,25,26). The molecule has 26 heavy (non-hydrogen) atoms. The average Bonchev–Trinajstić information content (AvgIpc) is 3.07. The summed E-state index contributed by atoms with van der Waals surface area (Å²) < 4.78 is 0. The SMILES string of the molecule is O=C(Cc1c[nH]c2ccccc12)Nc1ccc(NC2CCCCC2)cc1. The summed E-state index contributed by atoms with van der Waals surface area (Å²) in [5, 5.41) is 7.70. The molecule has 0 atom stereocenters. The molecule has 1 saturated carbocycles. The Bertz CT molecular complexity index is 876. The average molecular weight is 347 g/mol. The second-order valence-corrected chi connectivity index (χ2v) is 7.14. The maximum Gasteiger partial charge on any atom is 0.228 e. The second-order valence-electron chi connectivity index (χ2n) is 7.14. The Morgan fingerprint density at radius 3 is 2.50 bits per heavy atom. The third-order valence-electron chi connectivity index (χ3n) is 5.17. The van der Waals surface area contributed by atoms with Gasteiger partial charge in [-0.1, -0.05) is 37.5 Å². The van der Waals surface area contributed by atoms with Gasteiger partial charge >= 0.3 is 0 Å². The zero-order valence-electron chi connectivity index (χ0n) is 14.9. The molecule has 0 spiro atoms. The van der Waals surface area contributed by atoms with E-state index in [4.69, 9.17) is 0 Å². The molecule has 1 fully saturated rings. The first-order valence-corrected chi connectivity index (χ1v) is 9.49. The summed E-state index contributed by atoms with van der Waals surface area (Å²) in [6.45, 7) is 0. The van der Waals surface area contributed by atoms with Crippen molar-refractivity contribution >= 4 is 28.2 Å². The minimum atomic E-state index is 0.00254. The number of fused-ring (bicyclic) bond motifs is 1. The van der Waals surface area contributed by atoms with Crippen molar-refractivity contribution in [3.8, 4) is 0 Å². The quantitative estimate of drug-likeness (QED) is 0.602. The number of anilines is 2. The number of amides is 1. The van der Waals surface area contributed by atoms with Gasteiger partial charge in [-0.2, -0.15) is 0 Å². The fourth-order valence-corrected chi connectivity index (χ4v) is 3.79. The topological polar surface area (TPSA) is 56.9 Å². The molecule has 1 aromatic heterocycles. The highest BCUT2D eigenvalue weighted by molar-refractivity contribution is 5.95. The molecule has 4 rings (SSSR count). The molecule has 1 heterocycles. The molecule has 4 nitrogen and oxygen atoms in total. The van der Waals surface area contributed by atoms with E-state index in [1.54, 1.807) is 0 Å². The van der Waals surface area contributed by atoms with Gasteiger partial charge < -0.3 is 15.6 Å². The van der Waals surface area contributed by atoms with E-state index in [0.717, 1.165) is 27.8 Å². The molecule has 0 unspecified atom stereocenters. The lowest BCUT2D eigenvalue weighted by molar-refractivity contribution is -0.115. The van der Waals surface area contributed by atoms with E-state index < -0.39 is 0 Å². The molecular weight excluding hydrogens is 322 g/mol. The minimum Gasteiger partial charge on any atom is -0.382 e. The molecule has 134 valence electrons. The van der Waals surface area contributed by atoms with Crippen LogP contribution in [0.15, 0.2) is 54.7 Å². The number of nitrogens with one attached hydrogen (secondary N) is 3. The van der Waals surface area contributed by atoms with Crippen molar-refractivity contribution < 1.29 is 4.79 Å². The van der Waals surface area contributed by atoms with E-state index in [0.29, 0.717) is 12.5 Å². The van der Waals surface area contributed by atoms with E-state index in [2.05, 4.69) is 27.8 Å². The van der Waals surface area contributed by atoms with Crippen molar-refractivity contribution in [2.75, 3.05) is 10.6 Å². The van der Waals surface area contributed by atoms with Crippen LogP contribution in [0.4, 0.5) is 11.4 Å². The molecular formula is C22H25N3O. The molecule has 1 aliphatic carbocycles. The predicted octanol–water partition coefficient (Wildman–Crippen LogP) is 5.09. The van der Waals surface area contributed by atoms with Crippen LogP contribution in [0.1, 0.15) is 37.7 Å². The third-order valence-corrected chi connectivity index (χ3v) is 5.17. The highest BCUT2D eigenvalue weighted by Crippen LogP contribution is 2.23. The first-order valence-electron chi connectivity index (χ1n) is 9.49. The van der Waals surface area contributed by atoms with Crippen LogP contribution >= 0.6 is 0 Å². The number of para-hydroxylation sites is 1. The van der Waals surface area contributed by atoms with E-state index in [-0.39, 0.29) is 5.91 Å². The van der Waals surface area contributed by atoms with Gasteiger partial charge in [-0.05, 0) is 48.7 Å². The number of benzene rings is 2. The normalized spacial score (nSPS) is 15.1. The summed E-state index contributed by atoms with van der Waals surface area (Å²) in [6.07, 6.45) is 8.79. The van der Waals surface area contributed by atoms with E-state index in [9.17, 15) is 4.79 Å². The second kappa shape index (κ2) is 7.65. The largest absolute Gasteiger partial charge is 0.382 e. The van der Waals surface area contributed by atoms with E-state index in [1.807, 2.05) is 42.6 Å². The van der Waals surface area contributed by atoms with Crippen molar-refractivity contribution in [1.82, 2.24) is 4.98 Å². The first-order chi connectivity index (χ1) is 12.8. The predicted molar refractivity (Wildman–Crippen MR) is 108 cm³/mol. The lowest BCUT2D eigenvalue weighted by atomic mass is 9.95. The summed E-state index contributed by atoms with van der Waals surface area (Å²) in [7, 11) is 0. The number of carbonyl (C=O) groups is 1. The van der Waals surface area contributed by atoms with Crippen LogP contribution in [0.3, 0.4) is 0 Å². The Kier molecular flexibility index (Phi) is 4.91. The van der Waals surface area contributed by atoms with Crippen LogP contribution in [-0.2, 0) is 11.2 Å². The van der Waals surface area contributed by atoms with Crippen molar-refractivity contribution in [3.05, 3.63) is 60.3 Å². The van der Waals surface area contributed by atoms with Crippen molar-refractivity contribution in [2.45, 2.75) is 44.6 Å². The summed E-state index contributed by atoms with van der Waals surface area (Å²) in [5.74, 6) is 0.00254. The molecule has 0 bridgehead atoms. The maximum atomic E-state index is 12.4. The Balaban J connectivity index is 1.35. The highest BCUT2D eigenvalue weighted by atomic mass is 16.1. The van der Waals surface area contributed by atoms with Gasteiger partial charge in [-0.25, -0.2) is 0 Å². The van der Waals surface area contributed by atoms with Crippen molar-refractivity contribution in [1.29, 1.82) is 0 Å². The monoisotopic (exact) mass is 347 g/mol. The third kappa shape index (κ3) is 3.90. The van der Waals surface area contributed by atoms with Crippen LogP contribution in [0.2, 0.25) is 0 Å². The van der Waals surface area contributed by atoms with Gasteiger partial charge in [0.2, 0.25) is 5.91 Å². The number of aromatic amines is 1. The van der Waals surface area contributed by atoms with Gasteiger partial charge in [0.05, 0.1) is 6.42 Å². The molecule has 3 N–H and O–H groups in total. The minimum absolute atomic E-state index is 0.00254. The molecule has 3 aromatic rings. The number of hydrogen-bond donors (Lipinski definition) is 3. The zero-order valence-corrected chi connectivity index (χ0v) is 14.9.